The lowest BCUT2D eigenvalue weighted by atomic mass is 10.2. The van der Waals surface area contributed by atoms with Crippen molar-refractivity contribution in [3.8, 4) is 10.4 Å². The van der Waals surface area contributed by atoms with Crippen LogP contribution in [0.25, 0.3) is 10.4 Å². The third kappa shape index (κ3) is 3.12. The molecule has 0 saturated heterocycles. The zero-order valence-corrected chi connectivity index (χ0v) is 15.2. The van der Waals surface area contributed by atoms with Crippen molar-refractivity contribution in [3.63, 3.8) is 0 Å². The van der Waals surface area contributed by atoms with Crippen LogP contribution in [-0.2, 0) is 10.0 Å². The summed E-state index contributed by atoms with van der Waals surface area (Å²) in [4.78, 5) is 4.95. The third-order valence-electron chi connectivity index (χ3n) is 3.46. The van der Waals surface area contributed by atoms with E-state index in [1.807, 2.05) is 6.92 Å². The number of sulfonamides is 1. The summed E-state index contributed by atoms with van der Waals surface area (Å²) >= 11 is 1.17. The van der Waals surface area contributed by atoms with Crippen LogP contribution in [-0.4, -0.2) is 28.8 Å². The summed E-state index contributed by atoms with van der Waals surface area (Å²) < 4.78 is 33.1. The highest BCUT2D eigenvalue weighted by Gasteiger charge is 2.24. The van der Waals surface area contributed by atoms with Gasteiger partial charge in [0.25, 0.3) is 10.0 Å². The molecule has 0 aliphatic carbocycles. The van der Waals surface area contributed by atoms with Gasteiger partial charge >= 0.3 is 0 Å². The van der Waals surface area contributed by atoms with Gasteiger partial charge < -0.3 is 4.52 Å². The van der Waals surface area contributed by atoms with Crippen molar-refractivity contribution < 1.29 is 12.9 Å². The molecule has 0 saturated carbocycles. The maximum atomic E-state index is 12.6. The molecule has 0 fully saturated rings. The normalized spacial score (nSPS) is 13.3. The van der Waals surface area contributed by atoms with Crippen LogP contribution >= 0.6 is 11.3 Å². The summed E-state index contributed by atoms with van der Waals surface area (Å²) in [6.07, 6.45) is 0. The lowest BCUT2D eigenvalue weighted by molar-refractivity contribution is 0.393. The molecule has 8 nitrogen and oxygen atoms in total. The lowest BCUT2D eigenvalue weighted by Gasteiger charge is -2.09. The molecule has 3 rings (SSSR count). The second-order valence-electron chi connectivity index (χ2n) is 5.44. The molecular formula is C14H17N5O3S2. The van der Waals surface area contributed by atoms with Gasteiger partial charge in [0.05, 0.1) is 17.3 Å². The van der Waals surface area contributed by atoms with Gasteiger partial charge in [-0.25, -0.2) is 13.4 Å². The van der Waals surface area contributed by atoms with Crippen LogP contribution in [0.1, 0.15) is 36.1 Å². The molecule has 0 aliphatic rings. The van der Waals surface area contributed by atoms with E-state index >= 15 is 0 Å². The minimum atomic E-state index is -3.67. The number of nitrogens with zero attached hydrogens (tertiary/aromatic N) is 3. The number of aromatic amines is 1. The Morgan fingerprint density at radius 3 is 2.62 bits per heavy atom. The van der Waals surface area contributed by atoms with E-state index in [-0.39, 0.29) is 4.21 Å². The molecule has 0 aromatic carbocycles. The largest absolute Gasteiger partial charge is 0.361 e. The van der Waals surface area contributed by atoms with Gasteiger partial charge in [-0.15, -0.1) is 11.3 Å². The van der Waals surface area contributed by atoms with Gasteiger partial charge in [0.15, 0.2) is 5.82 Å². The number of aromatic nitrogens is 4. The van der Waals surface area contributed by atoms with Crippen molar-refractivity contribution in [2.45, 2.75) is 37.9 Å². The van der Waals surface area contributed by atoms with E-state index in [0.29, 0.717) is 17.4 Å². The molecule has 0 spiro atoms. The molecule has 128 valence electrons. The van der Waals surface area contributed by atoms with E-state index in [1.54, 1.807) is 32.9 Å². The van der Waals surface area contributed by atoms with Crippen molar-refractivity contribution in [2.24, 2.45) is 0 Å². The maximum Gasteiger partial charge on any atom is 0.250 e. The summed E-state index contributed by atoms with van der Waals surface area (Å²) in [5.74, 6) is 1.70. The third-order valence-corrected chi connectivity index (χ3v) is 6.59. The molecule has 0 bridgehead atoms. The van der Waals surface area contributed by atoms with E-state index < -0.39 is 16.1 Å². The van der Waals surface area contributed by atoms with Gasteiger partial charge in [0, 0.05) is 4.88 Å². The predicted molar refractivity (Wildman–Crippen MR) is 89.1 cm³/mol. The number of hydrogen-bond acceptors (Lipinski definition) is 7. The van der Waals surface area contributed by atoms with E-state index in [9.17, 15) is 8.42 Å². The predicted octanol–water partition coefficient (Wildman–Crippen LogP) is 2.49. The Morgan fingerprint density at radius 2 is 2.04 bits per heavy atom. The molecule has 3 heterocycles. The van der Waals surface area contributed by atoms with Gasteiger partial charge in [-0.05, 0) is 39.8 Å². The van der Waals surface area contributed by atoms with Gasteiger partial charge in [-0.1, -0.05) is 5.16 Å². The van der Waals surface area contributed by atoms with Gasteiger partial charge in [0.2, 0.25) is 0 Å². The zero-order valence-electron chi connectivity index (χ0n) is 13.6. The second kappa shape index (κ2) is 6.11. The van der Waals surface area contributed by atoms with Crippen molar-refractivity contribution >= 4 is 21.4 Å². The Morgan fingerprint density at radius 1 is 1.29 bits per heavy atom. The maximum absolute atomic E-state index is 12.6. The summed E-state index contributed by atoms with van der Waals surface area (Å²) in [6, 6.07) is 2.79. The highest BCUT2D eigenvalue weighted by molar-refractivity contribution is 7.91. The van der Waals surface area contributed by atoms with Crippen molar-refractivity contribution in [1.82, 2.24) is 25.1 Å². The summed E-state index contributed by atoms with van der Waals surface area (Å²) in [5.41, 5.74) is 1.56. The Bertz CT molecular complexity index is 951. The summed E-state index contributed by atoms with van der Waals surface area (Å²) in [5, 5.41) is 10.6. The molecule has 0 amide bonds. The first kappa shape index (κ1) is 16.8. The number of hydrogen-bond donors (Lipinski definition) is 2. The second-order valence-corrected chi connectivity index (χ2v) is 8.46. The topological polar surface area (TPSA) is 114 Å². The Hall–Kier alpha value is -2.04. The quantitative estimate of drug-likeness (QED) is 0.716. The average molecular weight is 367 g/mol. The van der Waals surface area contributed by atoms with Crippen LogP contribution in [0, 0.1) is 20.8 Å². The number of nitrogens with one attached hydrogen (secondary N) is 2. The molecular weight excluding hydrogens is 350 g/mol. The van der Waals surface area contributed by atoms with Gasteiger partial charge in [-0.2, -0.15) is 9.82 Å². The van der Waals surface area contributed by atoms with Crippen molar-refractivity contribution in [3.05, 3.63) is 35.2 Å². The lowest BCUT2D eigenvalue weighted by Crippen LogP contribution is -2.27. The summed E-state index contributed by atoms with van der Waals surface area (Å²) in [7, 11) is -3.67. The molecule has 10 heteroatoms. The van der Waals surface area contributed by atoms with Crippen LogP contribution in [0.15, 0.2) is 20.9 Å². The zero-order chi connectivity index (χ0) is 17.5. The van der Waals surface area contributed by atoms with Crippen LogP contribution < -0.4 is 4.72 Å². The molecule has 0 aliphatic heterocycles. The average Bonchev–Trinajstić information content (AvgIpc) is 3.20. The molecule has 2 N–H and O–H groups in total. The van der Waals surface area contributed by atoms with Crippen LogP contribution in [0.2, 0.25) is 0 Å². The van der Waals surface area contributed by atoms with E-state index in [4.69, 9.17) is 4.52 Å². The first-order valence-electron chi connectivity index (χ1n) is 7.22. The number of thiophene rings is 1. The molecule has 1 atom stereocenters. The van der Waals surface area contributed by atoms with Crippen LogP contribution in [0.3, 0.4) is 0 Å². The fraction of sp³-hybridized carbons (Fsp3) is 0.357. The number of H-pyrrole nitrogens is 1. The van der Waals surface area contributed by atoms with E-state index in [2.05, 4.69) is 25.1 Å². The Balaban J connectivity index is 1.86. The highest BCUT2D eigenvalue weighted by atomic mass is 32.2. The standard InChI is InChI=1S/C14H17N5O3S2/c1-7-13(9(3)22-18-7)11-5-6-12(23-11)24(20,21)19-8(2)14-15-10(4)16-17-14/h5-6,8,19H,1-4H3,(H,15,16,17)/t8-/m0/s1. The first-order chi connectivity index (χ1) is 11.3. The van der Waals surface area contributed by atoms with Gasteiger partial charge in [-0.3, -0.25) is 5.10 Å². The monoisotopic (exact) mass is 367 g/mol. The molecule has 3 aromatic rings. The van der Waals surface area contributed by atoms with Crippen molar-refractivity contribution in [1.29, 1.82) is 0 Å². The SMILES string of the molecule is Cc1nc([C@H](C)NS(=O)(=O)c2ccc(-c3c(C)noc3C)s2)n[nH]1. The van der Waals surface area contributed by atoms with Crippen LogP contribution in [0.4, 0.5) is 0 Å². The fourth-order valence-electron chi connectivity index (χ4n) is 2.33. The highest BCUT2D eigenvalue weighted by Crippen LogP contribution is 2.34. The first-order valence-corrected chi connectivity index (χ1v) is 9.52. The Kier molecular flexibility index (Phi) is 4.28. The molecule has 0 unspecified atom stereocenters. The smallest absolute Gasteiger partial charge is 0.250 e. The van der Waals surface area contributed by atoms with E-state index in [0.717, 1.165) is 16.1 Å². The number of aryl methyl sites for hydroxylation is 3. The van der Waals surface area contributed by atoms with Crippen LogP contribution in [0.5, 0.6) is 0 Å². The molecule has 3 aromatic heterocycles. The molecule has 0 radical (unpaired) electrons. The molecule has 24 heavy (non-hydrogen) atoms. The van der Waals surface area contributed by atoms with Crippen molar-refractivity contribution in [2.75, 3.05) is 0 Å². The Labute approximate surface area is 143 Å². The number of rotatable bonds is 5. The summed E-state index contributed by atoms with van der Waals surface area (Å²) in [6.45, 7) is 7.08. The van der Waals surface area contributed by atoms with E-state index in [1.165, 1.54) is 11.3 Å². The minimum Gasteiger partial charge on any atom is -0.361 e. The van der Waals surface area contributed by atoms with Gasteiger partial charge in [0.1, 0.15) is 15.8 Å². The minimum absolute atomic E-state index is 0.219. The fourth-order valence-corrected chi connectivity index (χ4v) is 5.00.